The van der Waals surface area contributed by atoms with Crippen molar-refractivity contribution in [3.63, 3.8) is 0 Å². The highest BCUT2D eigenvalue weighted by Crippen LogP contribution is 2.39. The van der Waals surface area contributed by atoms with E-state index in [1.807, 2.05) is 0 Å². The lowest BCUT2D eigenvalue weighted by molar-refractivity contribution is 0.480. The first-order chi connectivity index (χ1) is 32.9. The molecule has 0 aliphatic carbocycles. The average molecular weight is 1050 g/mol. The Morgan fingerprint density at radius 1 is 0.275 bits per heavy atom. The number of unbranched alkanes of at least 4 members (excludes halogenated alkanes) is 32. The monoisotopic (exact) mass is 1050 g/mol. The Morgan fingerprint density at radius 3 is 0.580 bits per heavy atom. The Kier molecular flexibility index (Phi) is 38.7. The quantitative estimate of drug-likeness (QED) is 0.0414. The van der Waals surface area contributed by atoms with Crippen LogP contribution in [0.3, 0.4) is 0 Å². The minimum Gasteiger partial charge on any atom is -0.214 e. The van der Waals surface area contributed by atoms with Gasteiger partial charge in [0.05, 0.1) is 24.3 Å². The number of hydrogen-bond acceptors (Lipinski definition) is 12. The molecule has 0 fully saturated rings. The van der Waals surface area contributed by atoms with Crippen LogP contribution in [-0.2, 0) is 40.1 Å². The van der Waals surface area contributed by atoms with Gasteiger partial charge in [-0.15, -0.1) is 0 Å². The van der Waals surface area contributed by atoms with Crippen molar-refractivity contribution in [3.05, 3.63) is 0 Å². The summed E-state index contributed by atoms with van der Waals surface area (Å²) in [6, 6.07) is 8.57. The number of nitriles is 4. The van der Waals surface area contributed by atoms with Crippen molar-refractivity contribution in [1.29, 1.82) is 21.0 Å². The second-order valence-electron chi connectivity index (χ2n) is 19.0. The van der Waals surface area contributed by atoms with Crippen molar-refractivity contribution in [2.24, 2.45) is 0 Å². The van der Waals surface area contributed by atoms with E-state index >= 15 is 0 Å². The van der Waals surface area contributed by atoms with E-state index in [2.05, 4.69) is 43.2 Å². The van der Waals surface area contributed by atoms with Crippen molar-refractivity contribution in [2.75, 3.05) is 26.2 Å². The largest absolute Gasteiger partial charge is 0.233 e. The smallest absolute Gasteiger partial charge is 0.214 e. The lowest BCUT2D eigenvalue weighted by Crippen LogP contribution is -2.63. The van der Waals surface area contributed by atoms with Gasteiger partial charge in [-0.1, -0.05) is 154 Å². The van der Waals surface area contributed by atoms with Crippen LogP contribution in [0, 0.1) is 45.3 Å². The number of nitrogens with one attached hydrogen (secondary N) is 4. The maximum atomic E-state index is 14.5. The molecule has 0 heterocycles. The highest BCUT2D eigenvalue weighted by molar-refractivity contribution is 8.10. The summed E-state index contributed by atoms with van der Waals surface area (Å²) in [5.74, 6) is 0. The van der Waals surface area contributed by atoms with Crippen molar-refractivity contribution in [1.82, 2.24) is 18.9 Å². The third kappa shape index (κ3) is 29.0. The van der Waals surface area contributed by atoms with E-state index in [1.165, 1.54) is 0 Å². The molecule has 0 aliphatic heterocycles. The molecule has 0 bridgehead atoms. The van der Waals surface area contributed by atoms with Crippen LogP contribution in [0.25, 0.3) is 0 Å². The van der Waals surface area contributed by atoms with Gasteiger partial charge in [0.15, 0.2) is 0 Å². The van der Waals surface area contributed by atoms with E-state index in [4.69, 9.17) is 21.0 Å². The van der Waals surface area contributed by atoms with Crippen LogP contribution in [-0.4, -0.2) is 68.0 Å². The Hall–Kier alpha value is -2.40. The topological polar surface area (TPSA) is 280 Å². The fraction of sp³-hybridized carbons (Fsp3) is 0.918. The Morgan fingerprint density at radius 2 is 0.420 bits per heavy atom. The summed E-state index contributed by atoms with van der Waals surface area (Å²) in [6.07, 6.45) is 27.0. The molecular formula is C49H92N8O8S4. The third-order valence-electron chi connectivity index (χ3n) is 12.9. The van der Waals surface area contributed by atoms with Crippen LogP contribution in [0.2, 0.25) is 0 Å². The SMILES string of the molecule is CC(CC(C)(S(=O)(=O)NCCCCCCCCCCC#N)S(=O)(=O)NCCCCCCCCCCC#N)(S(=O)(=O)NCCCCCCCCCCC#N)S(=O)(=O)NCCCCCCCCCCC#N. The minimum absolute atomic E-state index is 0.126. The molecule has 16 nitrogen and oxygen atoms in total. The minimum atomic E-state index is -4.96. The van der Waals surface area contributed by atoms with Crippen molar-refractivity contribution >= 4 is 40.1 Å². The predicted octanol–water partition coefficient (Wildman–Crippen LogP) is 10.6. The molecule has 0 aliphatic rings. The highest BCUT2D eigenvalue weighted by Gasteiger charge is 2.62. The van der Waals surface area contributed by atoms with Crippen LogP contribution in [0.1, 0.15) is 251 Å². The van der Waals surface area contributed by atoms with E-state index in [0.29, 0.717) is 77.0 Å². The van der Waals surface area contributed by atoms with Crippen LogP contribution >= 0.6 is 0 Å². The van der Waals surface area contributed by atoms with E-state index in [0.717, 1.165) is 168 Å². The number of hydrogen-bond donors (Lipinski definition) is 4. The molecule has 0 aromatic heterocycles. The summed E-state index contributed by atoms with van der Waals surface area (Å²) < 4.78 is 120. The molecule has 0 unspecified atom stereocenters. The number of nitrogens with zero attached hydrogens (tertiary/aromatic N) is 4. The zero-order chi connectivity index (χ0) is 51.6. The number of sulfonamides is 4. The van der Waals surface area contributed by atoms with E-state index in [1.54, 1.807) is 0 Å². The summed E-state index contributed by atoms with van der Waals surface area (Å²) in [6.45, 7) is 1.30. The average Bonchev–Trinajstić information content (AvgIpc) is 3.30. The zero-order valence-corrected chi connectivity index (χ0v) is 45.9. The van der Waals surface area contributed by atoms with Gasteiger partial charge in [0.2, 0.25) is 48.3 Å². The molecule has 0 aromatic carbocycles. The molecule has 0 amide bonds. The molecule has 0 aromatic rings. The standard InChI is InChI=1S/C49H92N8O8S4/c1-48(66(58,59)54-43-35-27-19-11-3-7-15-23-31-39-50,67(60,61)55-44-36-28-20-12-4-8-16-24-32-40-51)47-49(2,68(62,63)56-45-37-29-21-13-5-9-17-25-33-41-52)69(64,65)57-46-38-30-22-14-6-10-18-26-34-42-53/h54-57H,3-38,43-47H2,1-2H3. The fourth-order valence-corrected chi connectivity index (χ4v) is 16.4. The van der Waals surface area contributed by atoms with Crippen LogP contribution in [0.4, 0.5) is 0 Å². The molecule has 400 valence electrons. The fourth-order valence-electron chi connectivity index (χ4n) is 8.25. The second kappa shape index (κ2) is 40.1. The zero-order valence-electron chi connectivity index (χ0n) is 42.7. The molecule has 0 saturated carbocycles. The van der Waals surface area contributed by atoms with E-state index in [-0.39, 0.29) is 26.2 Å². The van der Waals surface area contributed by atoms with Crippen LogP contribution in [0.15, 0.2) is 0 Å². The van der Waals surface area contributed by atoms with Crippen LogP contribution < -0.4 is 18.9 Å². The lowest BCUT2D eigenvalue weighted by atomic mass is 10.1. The van der Waals surface area contributed by atoms with Gasteiger partial charge in [-0.3, -0.25) is 0 Å². The van der Waals surface area contributed by atoms with Gasteiger partial charge in [-0.05, 0) is 65.2 Å². The summed E-state index contributed by atoms with van der Waals surface area (Å²) >= 11 is 0. The predicted molar refractivity (Wildman–Crippen MR) is 278 cm³/mol. The summed E-state index contributed by atoms with van der Waals surface area (Å²) in [4.78, 5) is 0. The molecule has 4 N–H and O–H groups in total. The molecular weight excluding hydrogens is 957 g/mol. The van der Waals surface area contributed by atoms with Gasteiger partial charge in [0.1, 0.15) is 0 Å². The van der Waals surface area contributed by atoms with Crippen molar-refractivity contribution in [2.45, 2.75) is 260 Å². The van der Waals surface area contributed by atoms with Gasteiger partial charge in [0.25, 0.3) is 0 Å². The third-order valence-corrected chi connectivity index (χ3v) is 23.0. The molecule has 69 heavy (non-hydrogen) atoms. The first kappa shape index (κ1) is 66.6. The Labute approximate surface area is 421 Å². The van der Waals surface area contributed by atoms with Gasteiger partial charge in [-0.2, -0.15) is 21.0 Å². The van der Waals surface area contributed by atoms with Gasteiger partial charge in [-0.25, -0.2) is 52.6 Å². The summed E-state index contributed by atoms with van der Waals surface area (Å²) in [5.41, 5.74) is 0. The van der Waals surface area contributed by atoms with E-state index < -0.39 is 54.7 Å². The maximum Gasteiger partial charge on any atom is 0.233 e. The van der Waals surface area contributed by atoms with Crippen molar-refractivity contribution < 1.29 is 33.7 Å². The molecule has 0 atom stereocenters. The van der Waals surface area contributed by atoms with Gasteiger partial charge in [0, 0.05) is 58.3 Å². The first-order valence-corrected chi connectivity index (χ1v) is 32.3. The van der Waals surface area contributed by atoms with Crippen LogP contribution in [0.5, 0.6) is 0 Å². The van der Waals surface area contributed by atoms with Gasteiger partial charge >= 0.3 is 0 Å². The van der Waals surface area contributed by atoms with Gasteiger partial charge < -0.3 is 0 Å². The van der Waals surface area contributed by atoms with E-state index in [9.17, 15) is 33.7 Å². The Balaban J connectivity index is 6.37. The first-order valence-electron chi connectivity index (χ1n) is 26.4. The summed E-state index contributed by atoms with van der Waals surface area (Å²) in [7, 11) is -19.8. The molecule has 20 heteroatoms. The lowest BCUT2D eigenvalue weighted by Gasteiger charge is -2.37. The molecule has 0 spiro atoms. The second-order valence-corrected chi connectivity index (χ2v) is 28.3. The maximum absolute atomic E-state index is 14.5. The summed E-state index contributed by atoms with van der Waals surface area (Å²) in [5, 5.41) is 35.0. The number of rotatable bonds is 50. The van der Waals surface area contributed by atoms with Crippen molar-refractivity contribution in [3.8, 4) is 24.3 Å². The highest BCUT2D eigenvalue weighted by atomic mass is 32.3. The molecule has 0 radical (unpaired) electrons. The Bertz CT molecular complexity index is 1690. The normalized spacial score (nSPS) is 12.6. The molecule has 0 saturated heterocycles. The molecule has 0 rings (SSSR count).